The van der Waals surface area contributed by atoms with Crippen molar-refractivity contribution in [2.45, 2.75) is 25.5 Å². The molecule has 1 aromatic rings. The van der Waals surface area contributed by atoms with Gasteiger partial charge in [0.05, 0.1) is 0 Å². The van der Waals surface area contributed by atoms with Crippen molar-refractivity contribution < 1.29 is 9.00 Å². The molecule has 0 aliphatic rings. The van der Waals surface area contributed by atoms with Crippen LogP contribution in [0.3, 0.4) is 0 Å². The van der Waals surface area contributed by atoms with E-state index in [4.69, 9.17) is 11.6 Å². The van der Waals surface area contributed by atoms with E-state index in [2.05, 4.69) is 15.6 Å². The number of nitrogens with zero attached hydrogens (tertiary/aromatic N) is 1. The molecule has 1 aromatic heterocycles. The molecule has 0 radical (unpaired) electrons. The SMILES string of the molecule is CCCNc1cc(C(=O)NCC(C)S(C)=O)cc(Cl)n1. The maximum absolute atomic E-state index is 12.0. The highest BCUT2D eigenvalue weighted by Gasteiger charge is 2.12. The zero-order valence-electron chi connectivity index (χ0n) is 11.9. The number of carbonyl (C=O) groups is 1. The second-order valence-corrected chi connectivity index (χ2v) is 6.70. The Kier molecular flexibility index (Phi) is 6.95. The number of amides is 1. The number of aromatic nitrogens is 1. The Hall–Kier alpha value is -1.14. The summed E-state index contributed by atoms with van der Waals surface area (Å²) in [7, 11) is -0.962. The fraction of sp³-hybridized carbons (Fsp3) is 0.538. The van der Waals surface area contributed by atoms with Crippen molar-refractivity contribution in [1.82, 2.24) is 10.3 Å². The first-order valence-corrected chi connectivity index (χ1v) is 8.45. The van der Waals surface area contributed by atoms with E-state index in [-0.39, 0.29) is 16.3 Å². The third kappa shape index (κ3) is 5.46. The normalized spacial score (nSPS) is 13.6. The van der Waals surface area contributed by atoms with Crippen LogP contribution >= 0.6 is 11.6 Å². The maximum atomic E-state index is 12.0. The Morgan fingerprint density at radius 3 is 2.80 bits per heavy atom. The van der Waals surface area contributed by atoms with Gasteiger partial charge in [-0.25, -0.2) is 4.98 Å². The standard InChI is InChI=1S/C13H20ClN3O2S/c1-4-5-15-12-7-10(6-11(14)17-12)13(18)16-8-9(2)20(3)19/h6-7,9H,4-5,8H2,1-3H3,(H,15,17)(H,16,18). The van der Waals surface area contributed by atoms with Crippen LogP contribution in [0, 0.1) is 0 Å². The third-order valence-corrected chi connectivity index (χ3v) is 4.22. The van der Waals surface area contributed by atoms with Gasteiger partial charge in [0.25, 0.3) is 5.91 Å². The van der Waals surface area contributed by atoms with E-state index in [1.54, 1.807) is 12.3 Å². The summed E-state index contributed by atoms with van der Waals surface area (Å²) >= 11 is 5.91. The number of hydrogen-bond acceptors (Lipinski definition) is 4. The van der Waals surface area contributed by atoms with Gasteiger partial charge in [0.2, 0.25) is 0 Å². The molecule has 20 heavy (non-hydrogen) atoms. The van der Waals surface area contributed by atoms with Crippen LogP contribution in [0.5, 0.6) is 0 Å². The molecule has 2 unspecified atom stereocenters. The summed E-state index contributed by atoms with van der Waals surface area (Å²) in [5, 5.41) is 6.01. The molecule has 2 N–H and O–H groups in total. The molecule has 0 aromatic carbocycles. The second-order valence-electron chi connectivity index (χ2n) is 4.51. The molecule has 112 valence electrons. The fourth-order valence-electron chi connectivity index (χ4n) is 1.43. The van der Waals surface area contributed by atoms with Crippen LogP contribution in [0.2, 0.25) is 5.15 Å². The lowest BCUT2D eigenvalue weighted by Gasteiger charge is -2.11. The summed E-state index contributed by atoms with van der Waals surface area (Å²) in [4.78, 5) is 16.1. The van der Waals surface area contributed by atoms with Gasteiger partial charge in [0.1, 0.15) is 11.0 Å². The number of pyridine rings is 1. The van der Waals surface area contributed by atoms with E-state index >= 15 is 0 Å². The van der Waals surface area contributed by atoms with E-state index in [9.17, 15) is 9.00 Å². The monoisotopic (exact) mass is 317 g/mol. The summed E-state index contributed by atoms with van der Waals surface area (Å²) in [6.45, 7) is 4.99. The maximum Gasteiger partial charge on any atom is 0.251 e. The molecule has 0 saturated carbocycles. The molecule has 0 spiro atoms. The average molecular weight is 318 g/mol. The van der Waals surface area contributed by atoms with Crippen LogP contribution in [0.25, 0.3) is 0 Å². The molecule has 7 heteroatoms. The van der Waals surface area contributed by atoms with E-state index in [0.717, 1.165) is 13.0 Å². The summed E-state index contributed by atoms with van der Waals surface area (Å²) in [5.74, 6) is 0.336. The van der Waals surface area contributed by atoms with Gasteiger partial charge in [0, 0.05) is 41.0 Å². The molecular formula is C13H20ClN3O2S. The van der Waals surface area contributed by atoms with Gasteiger partial charge in [-0.1, -0.05) is 18.5 Å². The Bertz CT molecular complexity index is 497. The summed E-state index contributed by atoms with van der Waals surface area (Å²) in [6.07, 6.45) is 2.57. The number of hydrogen-bond donors (Lipinski definition) is 2. The molecule has 2 atom stereocenters. The van der Waals surface area contributed by atoms with Crippen LogP contribution in [0.1, 0.15) is 30.6 Å². The van der Waals surface area contributed by atoms with Crippen molar-refractivity contribution in [2.24, 2.45) is 0 Å². The van der Waals surface area contributed by atoms with Gasteiger partial charge in [-0.2, -0.15) is 0 Å². The predicted octanol–water partition coefficient (Wildman–Crippen LogP) is 2.05. The van der Waals surface area contributed by atoms with Gasteiger partial charge in [-0.15, -0.1) is 0 Å². The van der Waals surface area contributed by atoms with Crippen LogP contribution in [-0.4, -0.2) is 39.7 Å². The molecule has 0 aliphatic heterocycles. The number of anilines is 1. The summed E-state index contributed by atoms with van der Waals surface area (Å²) in [6, 6.07) is 3.17. The molecule has 0 saturated heterocycles. The minimum absolute atomic E-state index is 0.0889. The zero-order chi connectivity index (χ0) is 15.1. The van der Waals surface area contributed by atoms with E-state index in [1.807, 2.05) is 13.8 Å². The first-order valence-electron chi connectivity index (χ1n) is 6.46. The van der Waals surface area contributed by atoms with Gasteiger partial charge in [-0.05, 0) is 25.5 Å². The number of halogens is 1. The molecule has 1 rings (SSSR count). The minimum Gasteiger partial charge on any atom is -0.370 e. The molecule has 0 bridgehead atoms. The molecule has 1 amide bonds. The molecule has 0 aliphatic carbocycles. The Morgan fingerprint density at radius 2 is 2.20 bits per heavy atom. The van der Waals surface area contributed by atoms with Gasteiger partial charge in [-0.3, -0.25) is 9.00 Å². The van der Waals surface area contributed by atoms with Gasteiger partial charge < -0.3 is 10.6 Å². The van der Waals surface area contributed by atoms with Gasteiger partial charge in [0.15, 0.2) is 0 Å². The van der Waals surface area contributed by atoms with Gasteiger partial charge >= 0.3 is 0 Å². The highest BCUT2D eigenvalue weighted by Crippen LogP contribution is 2.14. The van der Waals surface area contributed by atoms with E-state index in [0.29, 0.717) is 17.9 Å². The first kappa shape index (κ1) is 16.9. The quantitative estimate of drug-likeness (QED) is 0.755. The lowest BCUT2D eigenvalue weighted by Crippen LogP contribution is -2.32. The predicted molar refractivity (Wildman–Crippen MR) is 83.9 cm³/mol. The number of nitrogens with one attached hydrogen (secondary N) is 2. The van der Waals surface area contributed by atoms with E-state index in [1.165, 1.54) is 6.07 Å². The van der Waals surface area contributed by atoms with Crippen molar-refractivity contribution in [3.63, 3.8) is 0 Å². The van der Waals surface area contributed by atoms with Crippen molar-refractivity contribution in [3.05, 3.63) is 22.8 Å². The summed E-state index contributed by atoms with van der Waals surface area (Å²) < 4.78 is 11.2. The van der Waals surface area contributed by atoms with Crippen LogP contribution in [0.15, 0.2) is 12.1 Å². The Labute approximate surface area is 127 Å². The largest absolute Gasteiger partial charge is 0.370 e. The van der Waals surface area contributed by atoms with E-state index < -0.39 is 10.8 Å². The first-order chi connectivity index (χ1) is 9.43. The van der Waals surface area contributed by atoms with Crippen molar-refractivity contribution in [2.75, 3.05) is 24.7 Å². The smallest absolute Gasteiger partial charge is 0.251 e. The summed E-state index contributed by atoms with van der Waals surface area (Å²) in [5.41, 5.74) is 0.442. The highest BCUT2D eigenvalue weighted by molar-refractivity contribution is 7.84. The number of rotatable bonds is 7. The number of carbonyl (C=O) groups excluding carboxylic acids is 1. The van der Waals surface area contributed by atoms with Crippen LogP contribution in [0.4, 0.5) is 5.82 Å². The van der Waals surface area contributed by atoms with Crippen LogP contribution < -0.4 is 10.6 Å². The van der Waals surface area contributed by atoms with Crippen molar-refractivity contribution in [3.8, 4) is 0 Å². The topological polar surface area (TPSA) is 71.1 Å². The third-order valence-electron chi connectivity index (χ3n) is 2.73. The average Bonchev–Trinajstić information content (AvgIpc) is 2.41. The highest BCUT2D eigenvalue weighted by atomic mass is 35.5. The molecule has 5 nitrogen and oxygen atoms in total. The minimum atomic E-state index is -0.962. The molecule has 1 heterocycles. The Balaban J connectivity index is 2.72. The Morgan fingerprint density at radius 1 is 1.50 bits per heavy atom. The lowest BCUT2D eigenvalue weighted by atomic mass is 10.2. The molecule has 0 fully saturated rings. The second kappa shape index (κ2) is 8.21. The van der Waals surface area contributed by atoms with Crippen molar-refractivity contribution in [1.29, 1.82) is 0 Å². The fourth-order valence-corrected chi connectivity index (χ4v) is 1.95. The van der Waals surface area contributed by atoms with Crippen molar-refractivity contribution >= 4 is 34.1 Å². The zero-order valence-corrected chi connectivity index (χ0v) is 13.5. The molecular weight excluding hydrogens is 298 g/mol. The lowest BCUT2D eigenvalue weighted by molar-refractivity contribution is 0.0954. The van der Waals surface area contributed by atoms with Crippen LogP contribution in [-0.2, 0) is 10.8 Å².